The molecule has 0 aliphatic rings. The number of methoxy groups -OCH3 is 3. The van der Waals surface area contributed by atoms with Gasteiger partial charge in [0.2, 0.25) is 27.5 Å². The minimum atomic E-state index is -3.72. The summed E-state index contributed by atoms with van der Waals surface area (Å²) in [6.07, 6.45) is 0. The van der Waals surface area contributed by atoms with Gasteiger partial charge in [0.15, 0.2) is 5.78 Å². The third-order valence-electron chi connectivity index (χ3n) is 6.67. The highest BCUT2D eigenvalue weighted by molar-refractivity contribution is 7.91. The molecule has 48 heavy (non-hydrogen) atoms. The minimum Gasteiger partial charge on any atom is -0.481 e. The van der Waals surface area contributed by atoms with Crippen LogP contribution in [0.5, 0.6) is 17.6 Å². The van der Waals surface area contributed by atoms with E-state index in [1.165, 1.54) is 25.8 Å². The zero-order valence-corrected chi connectivity index (χ0v) is 28.4. The van der Waals surface area contributed by atoms with Crippen LogP contribution in [0.2, 0.25) is 0 Å². The third-order valence-corrected chi connectivity index (χ3v) is 8.42. The molecule has 4 heterocycles. The van der Waals surface area contributed by atoms with Gasteiger partial charge in [-0.05, 0) is 40.8 Å². The van der Waals surface area contributed by atoms with Crippen molar-refractivity contribution in [3.8, 4) is 23.3 Å². The summed E-state index contributed by atoms with van der Waals surface area (Å²) in [5.74, 6) is 1.01. The Balaban J connectivity index is 0.000000226. The average Bonchev–Trinajstić information content (AvgIpc) is 3.64. The number of tetrazole rings is 1. The number of para-hydroxylation sites is 1. The van der Waals surface area contributed by atoms with Crippen LogP contribution in [0.4, 0.5) is 0 Å². The number of aliphatic hydroxyl groups excluding tert-OH is 1. The fraction of sp³-hybridized carbons (Fsp3) is 0.303. The van der Waals surface area contributed by atoms with E-state index in [2.05, 4.69) is 30.5 Å². The van der Waals surface area contributed by atoms with Gasteiger partial charge in [0.1, 0.15) is 5.69 Å². The highest BCUT2D eigenvalue weighted by Crippen LogP contribution is 2.22. The first-order chi connectivity index (χ1) is 23.0. The Morgan fingerprint density at radius 1 is 0.750 bits per heavy atom. The van der Waals surface area contributed by atoms with E-state index in [4.69, 9.17) is 19.3 Å². The van der Waals surface area contributed by atoms with E-state index < -0.39 is 9.84 Å². The maximum Gasteiger partial charge on any atom is 0.272 e. The number of rotatable bonds is 11. The summed E-state index contributed by atoms with van der Waals surface area (Å²) in [5, 5.41) is 19.7. The number of ether oxygens (including phenoxy) is 3. The van der Waals surface area contributed by atoms with E-state index in [1.807, 2.05) is 25.1 Å². The number of aliphatic hydroxyl groups is 1. The lowest BCUT2D eigenvalue weighted by Crippen LogP contribution is -2.18. The van der Waals surface area contributed by atoms with Gasteiger partial charge in [-0.25, -0.2) is 23.4 Å². The summed E-state index contributed by atoms with van der Waals surface area (Å²) < 4.78 is 41.7. The van der Waals surface area contributed by atoms with Crippen LogP contribution in [-0.2, 0) is 9.84 Å². The molecule has 0 aliphatic carbocycles. The van der Waals surface area contributed by atoms with Crippen molar-refractivity contribution in [2.75, 3.05) is 33.7 Å². The number of carbonyl (C=O) groups is 1. The fourth-order valence-electron chi connectivity index (χ4n) is 4.05. The number of hydrogen-bond donors (Lipinski definition) is 1. The summed E-state index contributed by atoms with van der Waals surface area (Å²) in [6, 6.07) is 24.8. The number of aromatic nitrogens is 7. The molecule has 0 saturated heterocycles. The lowest BCUT2D eigenvalue weighted by Gasteiger charge is -2.12. The molecule has 1 aromatic carbocycles. The first kappa shape index (κ1) is 37.2. The average molecular weight is 678 g/mol. The van der Waals surface area contributed by atoms with Gasteiger partial charge in [-0.15, -0.1) is 0 Å². The normalized spacial score (nSPS) is 11.9. The van der Waals surface area contributed by atoms with E-state index in [1.54, 1.807) is 80.8 Å². The molecule has 15 heteroatoms. The second-order valence-electron chi connectivity index (χ2n) is 10.3. The van der Waals surface area contributed by atoms with Gasteiger partial charge in [-0.3, -0.25) is 4.79 Å². The molecule has 0 radical (unpaired) electrons. The van der Waals surface area contributed by atoms with Crippen LogP contribution in [0.15, 0.2) is 90.1 Å². The van der Waals surface area contributed by atoms with E-state index in [-0.39, 0.29) is 35.1 Å². The second-order valence-corrected chi connectivity index (χ2v) is 12.2. The smallest absolute Gasteiger partial charge is 0.272 e. The lowest BCUT2D eigenvalue weighted by atomic mass is 10.1. The zero-order chi connectivity index (χ0) is 35.1. The van der Waals surface area contributed by atoms with Crippen molar-refractivity contribution >= 4 is 15.6 Å². The standard InChI is InChI=1S/C16H17N5O3S.C9H13NO2.C8H9NO2/c1-12(14-9-6-10-15(17-14)24-2)11-25(22,23)16-18-19-20-21(16)13-7-4-3-5-8-13;1-7(6-11)8-4-3-5-9(10-8)12-2;1-6(10)7-4-3-5-8(9-7)11-2/h3-10,12H,11H2,1-2H3;3-5,7,11H,6H2,1-2H3;3-5H,1-2H3. The molecule has 0 fully saturated rings. The Labute approximate surface area is 279 Å². The Bertz CT molecular complexity index is 1850. The van der Waals surface area contributed by atoms with Gasteiger partial charge in [-0.1, -0.05) is 55.3 Å². The SMILES string of the molecule is COc1cccc(C(C)=O)n1.COc1cccc(C(C)CO)n1.COc1cccc(C(C)CS(=O)(=O)c2nnnn2-c2ccccc2)n1. The van der Waals surface area contributed by atoms with Crippen molar-refractivity contribution in [3.05, 3.63) is 102 Å². The first-order valence-corrected chi connectivity index (χ1v) is 16.4. The topological polar surface area (TPSA) is 181 Å². The van der Waals surface area contributed by atoms with Crippen LogP contribution in [-0.4, -0.2) is 88.2 Å². The van der Waals surface area contributed by atoms with E-state index in [0.717, 1.165) is 5.69 Å². The summed E-state index contributed by atoms with van der Waals surface area (Å²) in [5.41, 5.74) is 2.50. The molecule has 254 valence electrons. The summed E-state index contributed by atoms with van der Waals surface area (Å²) in [6.45, 7) is 5.29. The molecule has 0 bridgehead atoms. The number of benzene rings is 1. The third kappa shape index (κ3) is 10.6. The molecule has 14 nitrogen and oxygen atoms in total. The zero-order valence-electron chi connectivity index (χ0n) is 27.6. The predicted octanol–water partition coefficient (Wildman–Crippen LogP) is 4.12. The van der Waals surface area contributed by atoms with E-state index in [9.17, 15) is 13.2 Å². The molecule has 1 N–H and O–H groups in total. The number of hydrogen-bond acceptors (Lipinski definition) is 13. The summed E-state index contributed by atoms with van der Waals surface area (Å²) in [4.78, 5) is 23.2. The van der Waals surface area contributed by atoms with Gasteiger partial charge >= 0.3 is 0 Å². The second kappa shape index (κ2) is 18.2. The Morgan fingerprint density at radius 2 is 1.27 bits per heavy atom. The van der Waals surface area contributed by atoms with E-state index >= 15 is 0 Å². The molecule has 0 aliphatic heterocycles. The maximum atomic E-state index is 12.8. The molecule has 2 atom stereocenters. The molecular formula is C33H39N7O7S. The largest absolute Gasteiger partial charge is 0.481 e. The van der Waals surface area contributed by atoms with Crippen LogP contribution in [0.25, 0.3) is 5.69 Å². The van der Waals surface area contributed by atoms with Gasteiger partial charge in [0.05, 0.1) is 39.4 Å². The minimum absolute atomic E-state index is 0.0519. The van der Waals surface area contributed by atoms with Crippen molar-refractivity contribution in [3.63, 3.8) is 0 Å². The van der Waals surface area contributed by atoms with Gasteiger partial charge < -0.3 is 19.3 Å². The summed E-state index contributed by atoms with van der Waals surface area (Å²) >= 11 is 0. The molecule has 0 saturated carbocycles. The Hall–Kier alpha value is -5.28. The quantitative estimate of drug-likeness (QED) is 0.197. The van der Waals surface area contributed by atoms with Crippen molar-refractivity contribution in [2.24, 2.45) is 0 Å². The molecule has 0 amide bonds. The van der Waals surface area contributed by atoms with Crippen LogP contribution >= 0.6 is 0 Å². The molecule has 5 rings (SSSR count). The number of sulfone groups is 1. The molecule has 0 spiro atoms. The van der Waals surface area contributed by atoms with Gasteiger partial charge in [0.25, 0.3) is 5.16 Å². The highest BCUT2D eigenvalue weighted by Gasteiger charge is 2.27. The predicted molar refractivity (Wildman–Crippen MR) is 177 cm³/mol. The van der Waals surface area contributed by atoms with Crippen molar-refractivity contribution < 1.29 is 32.5 Å². The van der Waals surface area contributed by atoms with Crippen molar-refractivity contribution in [1.82, 2.24) is 35.2 Å². The molecule has 2 unspecified atom stereocenters. The van der Waals surface area contributed by atoms with Crippen molar-refractivity contribution in [1.29, 1.82) is 0 Å². The molecule has 4 aromatic heterocycles. The van der Waals surface area contributed by atoms with Crippen LogP contribution < -0.4 is 14.2 Å². The molecular weight excluding hydrogens is 638 g/mol. The summed E-state index contributed by atoms with van der Waals surface area (Å²) in [7, 11) is 0.898. The first-order valence-electron chi connectivity index (χ1n) is 14.7. The van der Waals surface area contributed by atoms with Crippen LogP contribution in [0, 0.1) is 0 Å². The number of ketones is 1. The fourth-order valence-corrected chi connectivity index (χ4v) is 5.59. The van der Waals surface area contributed by atoms with Crippen LogP contribution in [0.3, 0.4) is 0 Å². The molecule has 5 aromatic rings. The Morgan fingerprint density at radius 3 is 1.79 bits per heavy atom. The number of Topliss-reactive ketones (excluding diaryl/α,β-unsaturated/α-hetero) is 1. The van der Waals surface area contributed by atoms with E-state index in [0.29, 0.717) is 34.7 Å². The highest BCUT2D eigenvalue weighted by atomic mass is 32.2. The number of pyridine rings is 3. The number of nitrogens with zero attached hydrogens (tertiary/aromatic N) is 7. The van der Waals surface area contributed by atoms with Gasteiger partial charge in [-0.2, -0.15) is 4.68 Å². The van der Waals surface area contributed by atoms with Gasteiger partial charge in [0, 0.05) is 48.3 Å². The lowest BCUT2D eigenvalue weighted by molar-refractivity contribution is 0.101. The maximum absolute atomic E-state index is 12.8. The number of carbonyl (C=O) groups excluding carboxylic acids is 1. The monoisotopic (exact) mass is 677 g/mol. The Kier molecular flexibility index (Phi) is 14.1. The van der Waals surface area contributed by atoms with Crippen LogP contribution in [0.1, 0.15) is 54.5 Å². The van der Waals surface area contributed by atoms with Crippen molar-refractivity contribution in [2.45, 2.75) is 37.8 Å².